The third-order valence-electron chi connectivity index (χ3n) is 5.26. The first-order chi connectivity index (χ1) is 15.2. The number of hydrogen-bond acceptors (Lipinski definition) is 7. The van der Waals surface area contributed by atoms with E-state index >= 15 is 0 Å². The fourth-order valence-electron chi connectivity index (χ4n) is 3.53. The maximum Gasteiger partial charge on any atom is 0.414 e. The highest BCUT2D eigenvalue weighted by molar-refractivity contribution is 5.90. The van der Waals surface area contributed by atoms with Crippen molar-refractivity contribution in [3.05, 3.63) is 24.0 Å². The quantitative estimate of drug-likeness (QED) is 0.552. The van der Waals surface area contributed by atoms with Gasteiger partial charge in [0.2, 0.25) is 0 Å². The van der Waals surface area contributed by atoms with Crippen molar-refractivity contribution in [2.45, 2.75) is 25.5 Å². The van der Waals surface area contributed by atoms with E-state index < -0.39 is 48.9 Å². The molecule has 176 valence electrons. The van der Waals surface area contributed by atoms with E-state index in [1.54, 1.807) is 4.90 Å². The smallest absolute Gasteiger partial charge is 0.414 e. The van der Waals surface area contributed by atoms with Crippen LogP contribution in [0.2, 0.25) is 0 Å². The molecule has 13 heteroatoms. The summed E-state index contributed by atoms with van der Waals surface area (Å²) in [4.78, 5) is 37.9. The minimum absolute atomic E-state index is 0.0475. The molecular formula is C19H24F3N5O5. The Morgan fingerprint density at radius 1 is 1.31 bits per heavy atom. The molecule has 10 nitrogen and oxygen atoms in total. The number of ether oxygens (including phenoxy) is 1. The fraction of sp³-hybridized carbons (Fsp3) is 0.526. The lowest BCUT2D eigenvalue weighted by Gasteiger charge is -2.24. The van der Waals surface area contributed by atoms with Crippen molar-refractivity contribution in [3.8, 4) is 0 Å². The molecule has 2 heterocycles. The lowest BCUT2D eigenvalue weighted by atomic mass is 10.1. The zero-order chi connectivity index (χ0) is 23.4. The molecule has 2 atom stereocenters. The van der Waals surface area contributed by atoms with Crippen LogP contribution in [0, 0.1) is 5.82 Å². The summed E-state index contributed by atoms with van der Waals surface area (Å²) in [6.45, 7) is 2.08. The molecule has 0 saturated carbocycles. The van der Waals surface area contributed by atoms with E-state index in [1.165, 1.54) is 24.1 Å². The monoisotopic (exact) mass is 459 g/mol. The summed E-state index contributed by atoms with van der Waals surface area (Å²) in [5.74, 6) is -2.54. The van der Waals surface area contributed by atoms with Gasteiger partial charge in [-0.3, -0.25) is 19.5 Å². The molecule has 2 aliphatic rings. The van der Waals surface area contributed by atoms with Gasteiger partial charge in [-0.05, 0) is 25.1 Å². The lowest BCUT2D eigenvalue weighted by molar-refractivity contribution is -0.137. The van der Waals surface area contributed by atoms with E-state index in [0.717, 1.165) is 11.0 Å². The van der Waals surface area contributed by atoms with Crippen LogP contribution < -0.4 is 20.5 Å². The van der Waals surface area contributed by atoms with Crippen molar-refractivity contribution < 1.29 is 37.4 Å². The van der Waals surface area contributed by atoms with Crippen LogP contribution in [0.4, 0.5) is 29.3 Å². The second-order valence-corrected chi connectivity index (χ2v) is 7.37. The second kappa shape index (κ2) is 10.0. The highest BCUT2D eigenvalue weighted by Crippen LogP contribution is 2.28. The number of hydrazine groups is 1. The van der Waals surface area contributed by atoms with E-state index in [2.05, 4.69) is 10.7 Å². The molecule has 0 spiro atoms. The number of carbonyl (C=O) groups excluding carboxylic acids is 3. The highest BCUT2D eigenvalue weighted by Gasteiger charge is 2.37. The average molecular weight is 459 g/mol. The SMILES string of the molecule is CC(NC(=O)C(F)F)C1CN(c2ccc(N3CCNN(C(=O)CO)CC3)c(F)c2)C(=O)O1. The summed E-state index contributed by atoms with van der Waals surface area (Å²) in [5, 5.41) is 12.3. The largest absolute Gasteiger partial charge is 0.442 e. The Kier molecular flexibility index (Phi) is 7.40. The van der Waals surface area contributed by atoms with Gasteiger partial charge in [-0.2, -0.15) is 8.78 Å². The van der Waals surface area contributed by atoms with Gasteiger partial charge < -0.3 is 20.1 Å². The van der Waals surface area contributed by atoms with Gasteiger partial charge in [0.05, 0.1) is 30.5 Å². The number of cyclic esters (lactones) is 1. The van der Waals surface area contributed by atoms with Crippen LogP contribution in [0.3, 0.4) is 0 Å². The predicted molar refractivity (Wildman–Crippen MR) is 107 cm³/mol. The average Bonchev–Trinajstić information content (AvgIpc) is 2.99. The van der Waals surface area contributed by atoms with Gasteiger partial charge in [0.25, 0.3) is 11.8 Å². The summed E-state index contributed by atoms with van der Waals surface area (Å²) < 4.78 is 44.9. The van der Waals surface area contributed by atoms with Crippen molar-refractivity contribution in [2.75, 3.05) is 49.1 Å². The first kappa shape index (κ1) is 23.6. The molecule has 0 aromatic heterocycles. The number of nitrogens with one attached hydrogen (secondary N) is 2. The van der Waals surface area contributed by atoms with Crippen LogP contribution in [0.25, 0.3) is 0 Å². The topological polar surface area (TPSA) is 114 Å². The minimum Gasteiger partial charge on any atom is -0.442 e. The number of anilines is 2. The number of hydrogen-bond donors (Lipinski definition) is 3. The molecule has 2 saturated heterocycles. The van der Waals surface area contributed by atoms with Crippen LogP contribution in [0.5, 0.6) is 0 Å². The van der Waals surface area contributed by atoms with Crippen LogP contribution in [0.15, 0.2) is 18.2 Å². The summed E-state index contributed by atoms with van der Waals surface area (Å²) in [6.07, 6.45) is -4.84. The van der Waals surface area contributed by atoms with Crippen LogP contribution in [-0.2, 0) is 14.3 Å². The van der Waals surface area contributed by atoms with Gasteiger partial charge in [-0.25, -0.2) is 14.6 Å². The maximum absolute atomic E-state index is 14.9. The Labute approximate surface area is 181 Å². The summed E-state index contributed by atoms with van der Waals surface area (Å²) in [5.41, 5.74) is 3.35. The second-order valence-electron chi connectivity index (χ2n) is 7.37. The van der Waals surface area contributed by atoms with Crippen molar-refractivity contribution >= 4 is 29.3 Å². The molecule has 3 rings (SSSR count). The molecular weight excluding hydrogens is 435 g/mol. The van der Waals surface area contributed by atoms with Crippen molar-refractivity contribution in [1.82, 2.24) is 15.8 Å². The molecule has 3 N–H and O–H groups in total. The molecule has 0 radical (unpaired) electrons. The molecule has 32 heavy (non-hydrogen) atoms. The number of nitrogens with zero attached hydrogens (tertiary/aromatic N) is 3. The number of rotatable bonds is 6. The number of alkyl halides is 2. The van der Waals surface area contributed by atoms with E-state index in [0.29, 0.717) is 19.6 Å². The van der Waals surface area contributed by atoms with Crippen LogP contribution in [-0.4, -0.2) is 85.9 Å². The van der Waals surface area contributed by atoms with Gasteiger partial charge in [-0.1, -0.05) is 0 Å². The fourth-order valence-corrected chi connectivity index (χ4v) is 3.53. The van der Waals surface area contributed by atoms with E-state index in [-0.39, 0.29) is 24.5 Å². The van der Waals surface area contributed by atoms with Crippen LogP contribution >= 0.6 is 0 Å². The van der Waals surface area contributed by atoms with Gasteiger partial charge in [0.1, 0.15) is 18.5 Å². The van der Waals surface area contributed by atoms with Gasteiger partial charge >= 0.3 is 12.5 Å². The van der Waals surface area contributed by atoms with Crippen molar-refractivity contribution in [1.29, 1.82) is 0 Å². The zero-order valence-electron chi connectivity index (χ0n) is 17.3. The van der Waals surface area contributed by atoms with Gasteiger partial charge in [0, 0.05) is 19.6 Å². The number of carbonyl (C=O) groups is 3. The summed E-state index contributed by atoms with van der Waals surface area (Å²) >= 11 is 0. The third kappa shape index (κ3) is 5.22. The molecule has 3 amide bonds. The third-order valence-corrected chi connectivity index (χ3v) is 5.26. The highest BCUT2D eigenvalue weighted by atomic mass is 19.3. The summed E-state index contributed by atoms with van der Waals surface area (Å²) in [7, 11) is 0. The molecule has 1 aromatic carbocycles. The first-order valence-corrected chi connectivity index (χ1v) is 9.97. The van der Waals surface area contributed by atoms with Crippen LogP contribution in [0.1, 0.15) is 6.92 Å². The predicted octanol–water partition coefficient (Wildman–Crippen LogP) is 0.0662. The Morgan fingerprint density at radius 3 is 2.72 bits per heavy atom. The number of halogens is 3. The van der Waals surface area contributed by atoms with Crippen molar-refractivity contribution in [3.63, 3.8) is 0 Å². The van der Waals surface area contributed by atoms with E-state index in [4.69, 9.17) is 9.84 Å². The van der Waals surface area contributed by atoms with E-state index in [1.807, 2.05) is 0 Å². The molecule has 2 fully saturated rings. The van der Waals surface area contributed by atoms with Crippen molar-refractivity contribution in [2.24, 2.45) is 0 Å². The Hall–Kier alpha value is -3.06. The molecule has 2 aliphatic heterocycles. The number of aliphatic hydroxyl groups is 1. The lowest BCUT2D eigenvalue weighted by Crippen LogP contribution is -2.45. The number of amides is 3. The van der Waals surface area contributed by atoms with Gasteiger partial charge in [-0.15, -0.1) is 0 Å². The summed E-state index contributed by atoms with van der Waals surface area (Å²) in [6, 6.07) is 3.33. The molecule has 2 unspecified atom stereocenters. The molecule has 1 aromatic rings. The van der Waals surface area contributed by atoms with Gasteiger partial charge in [0.15, 0.2) is 0 Å². The Morgan fingerprint density at radius 2 is 2.06 bits per heavy atom. The number of benzene rings is 1. The first-order valence-electron chi connectivity index (χ1n) is 9.97. The Balaban J connectivity index is 1.66. The normalized spacial score (nSPS) is 20.2. The maximum atomic E-state index is 14.9. The minimum atomic E-state index is -3.18. The standard InChI is InChI=1S/C19H24F3N5O5/c1-11(24-18(30)17(21)22)15-9-26(19(31)32-15)12-2-3-14(13(20)8-12)25-5-4-23-27(7-6-25)16(29)10-28/h2-3,8,11,15,17,23,28H,4-7,9-10H2,1H3,(H,24,30). The van der Waals surface area contributed by atoms with E-state index in [9.17, 15) is 27.6 Å². The Bertz CT molecular complexity index is 874. The number of aliphatic hydroxyl groups excluding tert-OH is 1. The zero-order valence-corrected chi connectivity index (χ0v) is 17.3. The molecule has 0 aliphatic carbocycles. The molecule has 0 bridgehead atoms.